The smallest absolute Gasteiger partial charge is 0.336 e. The molecule has 0 aliphatic rings. The van der Waals surface area contributed by atoms with Gasteiger partial charge < -0.3 is 15.0 Å². The van der Waals surface area contributed by atoms with Gasteiger partial charge in [0.15, 0.2) is 5.82 Å². The maximum absolute atomic E-state index is 12.0. The Balaban J connectivity index is 1.46. The first-order valence-electron chi connectivity index (χ1n) is 10.1. The lowest BCUT2D eigenvalue weighted by Gasteiger charge is -2.09. The zero-order valence-electron chi connectivity index (χ0n) is 18.0. The molecule has 2 aromatic heterocycles. The fraction of sp³-hybridized carbons (Fsp3) is 0.261. The highest BCUT2D eigenvalue weighted by Crippen LogP contribution is 2.29. The number of hydrogen-bond acceptors (Lipinski definition) is 7. The number of aryl methyl sites for hydroxylation is 1. The van der Waals surface area contributed by atoms with Crippen LogP contribution in [0.5, 0.6) is 5.75 Å². The van der Waals surface area contributed by atoms with Crippen molar-refractivity contribution in [2.24, 2.45) is 0 Å². The van der Waals surface area contributed by atoms with Gasteiger partial charge in [0.1, 0.15) is 17.9 Å². The van der Waals surface area contributed by atoms with Gasteiger partial charge >= 0.3 is 5.63 Å². The highest BCUT2D eigenvalue weighted by Gasteiger charge is 2.14. The molecule has 7 nitrogen and oxygen atoms in total. The molecule has 4 aromatic rings. The standard InChI is InChI=1S/C23H23ClN4O3S/c1-13(2)15-4-6-17(7-5-15)30-11-21-26-27-23(28(21)25)32-12-16-9-22(29)31-20-8-14(3)19(24)10-18(16)20/h4-10,13H,11-12,25H2,1-3H3. The molecular formula is C23H23ClN4O3S. The molecule has 0 saturated heterocycles. The maximum atomic E-state index is 12.0. The van der Waals surface area contributed by atoms with E-state index in [0.717, 1.165) is 22.3 Å². The average Bonchev–Trinajstić information content (AvgIpc) is 3.11. The minimum absolute atomic E-state index is 0.192. The van der Waals surface area contributed by atoms with Crippen molar-refractivity contribution < 1.29 is 9.15 Å². The quantitative estimate of drug-likeness (QED) is 0.229. The molecule has 32 heavy (non-hydrogen) atoms. The third-order valence-electron chi connectivity index (χ3n) is 5.12. The summed E-state index contributed by atoms with van der Waals surface area (Å²) in [4.78, 5) is 12.0. The van der Waals surface area contributed by atoms with Crippen LogP contribution in [0.15, 0.2) is 56.8 Å². The first-order valence-corrected chi connectivity index (χ1v) is 11.5. The summed E-state index contributed by atoms with van der Waals surface area (Å²) in [5, 5.41) is 10.2. The van der Waals surface area contributed by atoms with Crippen LogP contribution in [-0.2, 0) is 12.4 Å². The monoisotopic (exact) mass is 470 g/mol. The number of thioether (sulfide) groups is 1. The molecule has 0 aliphatic carbocycles. The fourth-order valence-corrected chi connectivity index (χ4v) is 4.24. The Bertz CT molecular complexity index is 1320. The van der Waals surface area contributed by atoms with Crippen LogP contribution in [0, 0.1) is 6.92 Å². The highest BCUT2D eigenvalue weighted by atomic mass is 35.5. The molecule has 0 amide bonds. The van der Waals surface area contributed by atoms with Gasteiger partial charge in [-0.15, -0.1) is 10.2 Å². The van der Waals surface area contributed by atoms with Crippen LogP contribution in [-0.4, -0.2) is 14.9 Å². The van der Waals surface area contributed by atoms with Gasteiger partial charge in [-0.1, -0.05) is 49.3 Å². The van der Waals surface area contributed by atoms with Crippen molar-refractivity contribution in [3.8, 4) is 5.75 Å². The summed E-state index contributed by atoms with van der Waals surface area (Å²) in [6.07, 6.45) is 0. The minimum Gasteiger partial charge on any atom is -0.486 e. The Morgan fingerprint density at radius 1 is 1.19 bits per heavy atom. The molecule has 2 N–H and O–H groups in total. The second-order valence-corrected chi connectivity index (χ2v) is 9.11. The van der Waals surface area contributed by atoms with Gasteiger partial charge in [-0.05, 0) is 53.8 Å². The molecule has 0 fully saturated rings. The van der Waals surface area contributed by atoms with Crippen LogP contribution in [0.3, 0.4) is 0 Å². The van der Waals surface area contributed by atoms with E-state index in [-0.39, 0.29) is 6.61 Å². The zero-order valence-corrected chi connectivity index (χ0v) is 19.5. The number of halogens is 1. The number of fused-ring (bicyclic) bond motifs is 1. The van der Waals surface area contributed by atoms with E-state index in [4.69, 9.17) is 26.6 Å². The zero-order chi connectivity index (χ0) is 22.8. The third kappa shape index (κ3) is 4.76. The Morgan fingerprint density at radius 3 is 2.66 bits per heavy atom. The fourth-order valence-electron chi connectivity index (χ4n) is 3.21. The molecule has 2 aromatic carbocycles. The van der Waals surface area contributed by atoms with Crippen molar-refractivity contribution in [1.29, 1.82) is 0 Å². The average molecular weight is 471 g/mol. The Kier molecular flexibility index (Phi) is 6.43. The summed E-state index contributed by atoms with van der Waals surface area (Å²) in [6, 6.07) is 13.0. The Labute approximate surface area is 194 Å². The van der Waals surface area contributed by atoms with Crippen LogP contribution < -0.4 is 16.2 Å². The summed E-state index contributed by atoms with van der Waals surface area (Å²) in [6.45, 7) is 6.35. The van der Waals surface area contributed by atoms with E-state index in [9.17, 15) is 4.79 Å². The topological polar surface area (TPSA) is 96.2 Å². The summed E-state index contributed by atoms with van der Waals surface area (Å²) in [5.74, 6) is 8.32. The molecular weight excluding hydrogens is 448 g/mol. The van der Waals surface area contributed by atoms with Crippen LogP contribution in [0.2, 0.25) is 5.02 Å². The lowest BCUT2D eigenvalue weighted by Crippen LogP contribution is -2.15. The van der Waals surface area contributed by atoms with Crippen molar-refractivity contribution in [3.63, 3.8) is 0 Å². The van der Waals surface area contributed by atoms with E-state index in [1.807, 2.05) is 37.3 Å². The summed E-state index contributed by atoms with van der Waals surface area (Å²) >= 11 is 7.63. The van der Waals surface area contributed by atoms with E-state index in [1.54, 1.807) is 6.07 Å². The first-order chi connectivity index (χ1) is 15.3. The molecule has 0 radical (unpaired) electrons. The van der Waals surface area contributed by atoms with Crippen molar-refractivity contribution in [2.45, 2.75) is 44.2 Å². The number of benzene rings is 2. The Hall–Kier alpha value is -2.97. The normalized spacial score (nSPS) is 11.4. The molecule has 9 heteroatoms. The van der Waals surface area contributed by atoms with Crippen LogP contribution >= 0.6 is 23.4 Å². The second-order valence-electron chi connectivity index (χ2n) is 7.76. The summed E-state index contributed by atoms with van der Waals surface area (Å²) < 4.78 is 12.5. The highest BCUT2D eigenvalue weighted by molar-refractivity contribution is 7.98. The van der Waals surface area contributed by atoms with E-state index in [2.05, 4.69) is 24.0 Å². The van der Waals surface area contributed by atoms with Gasteiger partial charge in [-0.2, -0.15) is 0 Å². The molecule has 4 rings (SSSR count). The number of rotatable bonds is 7. The minimum atomic E-state index is -0.415. The molecule has 0 aliphatic heterocycles. The maximum Gasteiger partial charge on any atom is 0.336 e. The lowest BCUT2D eigenvalue weighted by atomic mass is 10.0. The van der Waals surface area contributed by atoms with E-state index < -0.39 is 5.63 Å². The van der Waals surface area contributed by atoms with E-state index >= 15 is 0 Å². The Morgan fingerprint density at radius 2 is 1.94 bits per heavy atom. The predicted octanol–water partition coefficient (Wildman–Crippen LogP) is 5.05. The van der Waals surface area contributed by atoms with Crippen molar-refractivity contribution in [2.75, 3.05) is 5.84 Å². The van der Waals surface area contributed by atoms with Gasteiger partial charge in [0.2, 0.25) is 5.16 Å². The molecule has 166 valence electrons. The van der Waals surface area contributed by atoms with Crippen molar-refractivity contribution >= 4 is 34.3 Å². The number of nitrogen functional groups attached to an aromatic ring is 1. The number of aromatic nitrogens is 3. The lowest BCUT2D eigenvalue weighted by molar-refractivity contribution is 0.291. The largest absolute Gasteiger partial charge is 0.486 e. The molecule has 0 spiro atoms. The van der Waals surface area contributed by atoms with Crippen LogP contribution in [0.1, 0.15) is 42.3 Å². The number of nitrogens with zero attached hydrogens (tertiary/aromatic N) is 3. The molecule has 2 heterocycles. The van der Waals surface area contributed by atoms with Crippen molar-refractivity contribution in [3.05, 3.63) is 80.4 Å². The van der Waals surface area contributed by atoms with E-state index in [1.165, 1.54) is 28.1 Å². The number of nitrogens with two attached hydrogens (primary N) is 1. The molecule has 0 bridgehead atoms. The van der Waals surface area contributed by atoms with Crippen LogP contribution in [0.25, 0.3) is 11.0 Å². The number of hydrogen-bond donors (Lipinski definition) is 1. The van der Waals surface area contributed by atoms with Gasteiger partial charge in [0.25, 0.3) is 0 Å². The molecule has 0 saturated carbocycles. The van der Waals surface area contributed by atoms with E-state index in [0.29, 0.717) is 33.3 Å². The SMILES string of the molecule is Cc1cc2oc(=O)cc(CSc3nnc(COc4ccc(C(C)C)cc4)n3N)c2cc1Cl. The molecule has 0 atom stereocenters. The second kappa shape index (κ2) is 9.26. The third-order valence-corrected chi connectivity index (χ3v) is 6.52. The van der Waals surface area contributed by atoms with Gasteiger partial charge in [-0.3, -0.25) is 0 Å². The first kappa shape index (κ1) is 22.2. The summed E-state index contributed by atoms with van der Waals surface area (Å²) in [5.41, 5.74) is 2.96. The predicted molar refractivity (Wildman–Crippen MR) is 127 cm³/mol. The van der Waals surface area contributed by atoms with Gasteiger partial charge in [-0.25, -0.2) is 9.47 Å². The number of ether oxygens (including phenoxy) is 1. The molecule has 0 unspecified atom stereocenters. The summed E-state index contributed by atoms with van der Waals surface area (Å²) in [7, 11) is 0. The van der Waals surface area contributed by atoms with Gasteiger partial charge in [0, 0.05) is 22.2 Å². The van der Waals surface area contributed by atoms with Crippen molar-refractivity contribution in [1.82, 2.24) is 14.9 Å². The van der Waals surface area contributed by atoms with Crippen LogP contribution in [0.4, 0.5) is 0 Å². The van der Waals surface area contributed by atoms with Gasteiger partial charge in [0.05, 0.1) is 0 Å².